The van der Waals surface area contributed by atoms with E-state index in [2.05, 4.69) is 91.5 Å². The van der Waals surface area contributed by atoms with Crippen molar-refractivity contribution >= 4 is 50.8 Å². The van der Waals surface area contributed by atoms with Crippen LogP contribution in [0.2, 0.25) is 0 Å². The molecule has 0 spiro atoms. The molecule has 0 fully saturated rings. The summed E-state index contributed by atoms with van der Waals surface area (Å²) < 4.78 is 0. The third-order valence-corrected chi connectivity index (χ3v) is 7.72. The molecule has 0 saturated heterocycles. The van der Waals surface area contributed by atoms with Crippen LogP contribution in [-0.4, -0.2) is 12.4 Å². The molecule has 6 aromatic rings. The van der Waals surface area contributed by atoms with Crippen molar-refractivity contribution in [3.8, 4) is 6.07 Å². The maximum absolute atomic E-state index is 9.06. The molecule has 7 heteroatoms. The molecule has 8 rings (SSSR count). The van der Waals surface area contributed by atoms with Crippen LogP contribution in [0.5, 0.6) is 0 Å². The van der Waals surface area contributed by atoms with Crippen molar-refractivity contribution in [2.24, 2.45) is 9.98 Å². The Morgan fingerprint density at radius 3 is 1.89 bits per heavy atom. The Morgan fingerprint density at radius 2 is 1.36 bits per heavy atom. The minimum absolute atomic E-state index is 0. The molecule has 216 valence electrons. The van der Waals surface area contributed by atoms with Crippen molar-refractivity contribution in [3.05, 3.63) is 185 Å². The zero-order chi connectivity index (χ0) is 31.3. The summed E-state index contributed by atoms with van der Waals surface area (Å²) in [4.78, 5) is 21.1. The van der Waals surface area contributed by atoms with Crippen LogP contribution in [0.3, 0.4) is 0 Å². The van der Waals surface area contributed by atoms with Crippen LogP contribution < -0.4 is 9.97 Å². The summed E-state index contributed by atoms with van der Waals surface area (Å²) in [6.45, 7) is 7.15. The van der Waals surface area contributed by atoms with Crippen molar-refractivity contribution in [2.45, 2.75) is 0 Å². The molecule has 0 saturated carbocycles. The van der Waals surface area contributed by atoms with E-state index in [4.69, 9.17) is 11.8 Å². The van der Waals surface area contributed by atoms with E-state index in [1.807, 2.05) is 54.6 Å². The molecular weight excluding hydrogens is 630 g/mol. The fraction of sp³-hybridized carbons (Fsp3) is 0. The number of nitriles is 1. The summed E-state index contributed by atoms with van der Waals surface area (Å²) in [5, 5.41) is 13.8. The molecule has 2 aliphatic rings. The second-order valence-electron chi connectivity index (χ2n) is 10.6. The van der Waals surface area contributed by atoms with E-state index in [1.165, 1.54) is 21.5 Å². The quantitative estimate of drug-likeness (QED) is 0.141. The smallest absolute Gasteiger partial charge is 0.674 e. The van der Waals surface area contributed by atoms with Gasteiger partial charge in [0.2, 0.25) is 0 Å². The molecule has 4 heterocycles. The molecule has 2 aromatic heterocycles. The number of hydrogen-bond donors (Lipinski definition) is 0. The molecule has 0 N–H and O–H groups in total. The Balaban J connectivity index is 0.000000161. The second-order valence-corrected chi connectivity index (χ2v) is 10.6. The molecule has 47 heavy (non-hydrogen) atoms. The van der Waals surface area contributed by atoms with Crippen LogP contribution in [0.4, 0.5) is 5.69 Å². The summed E-state index contributed by atoms with van der Waals surface area (Å²) in [5.74, 6) is 0. The van der Waals surface area contributed by atoms with E-state index in [1.54, 1.807) is 30.9 Å². The van der Waals surface area contributed by atoms with Gasteiger partial charge in [0.1, 0.15) is 6.07 Å². The molecule has 2 aliphatic heterocycles. The van der Waals surface area contributed by atoms with Gasteiger partial charge in [-0.15, -0.1) is 11.4 Å². The average molecular weight is 654 g/mol. The van der Waals surface area contributed by atoms with Gasteiger partial charge < -0.3 is 9.97 Å². The first-order valence-corrected chi connectivity index (χ1v) is 14.6. The van der Waals surface area contributed by atoms with Gasteiger partial charge in [0.25, 0.3) is 0 Å². The van der Waals surface area contributed by atoms with Gasteiger partial charge in [0.15, 0.2) is 5.69 Å². The predicted octanol–water partition coefficient (Wildman–Crippen LogP) is 8.84. The fourth-order valence-corrected chi connectivity index (χ4v) is 5.55. The van der Waals surface area contributed by atoms with Crippen LogP contribution >= 0.6 is 0 Å². The number of hydrogen-bond acceptors (Lipinski definition) is 3. The molecule has 0 amide bonds. The number of rotatable bonds is 4. The minimum atomic E-state index is 0. The molecular formula is C40H24N6Zn. The van der Waals surface area contributed by atoms with Crippen molar-refractivity contribution in [1.82, 2.24) is 9.97 Å². The monoisotopic (exact) mass is 652 g/mol. The molecule has 0 atom stereocenters. The molecule has 0 aliphatic carbocycles. The van der Waals surface area contributed by atoms with Gasteiger partial charge in [-0.2, -0.15) is 17.7 Å². The zero-order valence-corrected chi connectivity index (χ0v) is 28.2. The van der Waals surface area contributed by atoms with Gasteiger partial charge in [-0.1, -0.05) is 91.0 Å². The molecule has 6 nitrogen and oxygen atoms in total. The summed E-state index contributed by atoms with van der Waals surface area (Å²) >= 11 is 0. The minimum Gasteiger partial charge on any atom is -0.674 e. The van der Waals surface area contributed by atoms with Crippen LogP contribution in [0, 0.1) is 17.9 Å². The van der Waals surface area contributed by atoms with Gasteiger partial charge in [-0.05, 0) is 74.2 Å². The second kappa shape index (κ2) is 13.9. The number of aliphatic imine (C=N–C) groups is 2. The number of nitrogens with zero attached hydrogens (tertiary/aromatic N) is 6. The van der Waals surface area contributed by atoms with Crippen LogP contribution in [0.1, 0.15) is 22.5 Å². The third-order valence-electron chi connectivity index (χ3n) is 7.72. The van der Waals surface area contributed by atoms with Crippen LogP contribution in [-0.2, 0) is 19.5 Å². The van der Waals surface area contributed by atoms with Gasteiger partial charge in [0.05, 0.1) is 23.5 Å². The molecule has 4 aromatic carbocycles. The Hall–Kier alpha value is -6.14. The molecule has 0 radical (unpaired) electrons. The summed E-state index contributed by atoms with van der Waals surface area (Å²) in [7, 11) is 0. The fourth-order valence-electron chi connectivity index (χ4n) is 5.55. The van der Waals surface area contributed by atoms with Crippen molar-refractivity contribution in [3.63, 3.8) is 0 Å². The normalized spacial score (nSPS) is 15.0. The zero-order valence-electron chi connectivity index (χ0n) is 25.2. The number of fused-ring (bicyclic) bond motifs is 2. The van der Waals surface area contributed by atoms with E-state index >= 15 is 0 Å². The van der Waals surface area contributed by atoms with E-state index in [-0.39, 0.29) is 19.5 Å². The van der Waals surface area contributed by atoms with Crippen LogP contribution in [0.15, 0.2) is 161 Å². The molecule has 0 bridgehead atoms. The standard InChI is InChI=1S/2C20H12N3.Zn/c1-21-17-12-19(23-13-17)20(18-7-4-10-22-18)16-9-8-14-5-2-3-6-15(14)11-16;21-12-14-10-19(23-13-14)20(18-6-3-9-22-18)17-8-7-15-4-1-2-5-16(15)11-17;/h2-13H;1-11,13H;/q2*-1;+2/b20-18-;20-19-;. The first-order valence-electron chi connectivity index (χ1n) is 14.6. The summed E-state index contributed by atoms with van der Waals surface area (Å²) in [5.41, 5.74) is 8.40. The molecule has 0 unspecified atom stereocenters. The van der Waals surface area contributed by atoms with E-state index in [9.17, 15) is 0 Å². The van der Waals surface area contributed by atoms with E-state index in [0.717, 1.165) is 45.1 Å². The summed E-state index contributed by atoms with van der Waals surface area (Å²) in [6.07, 6.45) is 12.4. The van der Waals surface area contributed by atoms with Crippen molar-refractivity contribution in [2.75, 3.05) is 0 Å². The maximum atomic E-state index is 9.06. The van der Waals surface area contributed by atoms with Gasteiger partial charge in [0, 0.05) is 12.4 Å². The Labute approximate surface area is 285 Å². The van der Waals surface area contributed by atoms with Gasteiger partial charge in [-0.3, -0.25) is 9.98 Å². The number of benzene rings is 4. The average Bonchev–Trinajstić information content (AvgIpc) is 3.95. The van der Waals surface area contributed by atoms with Crippen molar-refractivity contribution in [1.29, 1.82) is 5.26 Å². The predicted molar refractivity (Wildman–Crippen MR) is 186 cm³/mol. The van der Waals surface area contributed by atoms with Gasteiger partial charge in [-0.25, -0.2) is 4.85 Å². The number of aromatic nitrogens is 2. The third kappa shape index (κ3) is 6.49. The SMILES string of the molecule is N#CC1=C/C(=C(\c2ccc3ccccc3c2)c2ccc[n-]2)N=C1.[C-]#[N+]c1c[n-]c(/C(=C2/C=CC=N2)c2ccc3ccccc3c2)c1.[Zn+2]. The van der Waals surface area contributed by atoms with Crippen molar-refractivity contribution < 1.29 is 19.5 Å². The largest absolute Gasteiger partial charge is 2.00 e. The first-order chi connectivity index (χ1) is 22.7. The maximum Gasteiger partial charge on any atom is 2.00 e. The van der Waals surface area contributed by atoms with E-state index < -0.39 is 0 Å². The topological polar surface area (TPSA) is 81.1 Å². The Kier molecular flexibility index (Phi) is 9.12. The van der Waals surface area contributed by atoms with E-state index in [0.29, 0.717) is 11.3 Å². The Morgan fingerprint density at radius 1 is 0.702 bits per heavy atom. The number of allylic oxidation sites excluding steroid dienone is 4. The Bertz CT molecular complexity index is 2370. The summed E-state index contributed by atoms with van der Waals surface area (Å²) in [6, 6.07) is 37.0. The van der Waals surface area contributed by atoms with Gasteiger partial charge >= 0.3 is 19.5 Å². The van der Waals surface area contributed by atoms with Crippen LogP contribution in [0.25, 0.3) is 37.5 Å². The first kappa shape index (κ1) is 30.9.